The average Bonchev–Trinajstić information content (AvgIpc) is 3.11. The van der Waals surface area contributed by atoms with Crippen molar-refractivity contribution in [2.24, 2.45) is 5.92 Å². The molecule has 3 aromatic carbocycles. The molecule has 2 aliphatic rings. The molecule has 0 radical (unpaired) electrons. The van der Waals surface area contributed by atoms with Gasteiger partial charge in [0.25, 0.3) is 0 Å². The van der Waals surface area contributed by atoms with Gasteiger partial charge < -0.3 is 10.5 Å². The summed E-state index contributed by atoms with van der Waals surface area (Å²) in [4.78, 5) is 28.2. The fourth-order valence-electron chi connectivity index (χ4n) is 4.58. The largest absolute Gasteiger partial charge is 0.386 e. The van der Waals surface area contributed by atoms with E-state index in [9.17, 15) is 14.7 Å². The molecule has 0 spiro atoms. The summed E-state index contributed by atoms with van der Waals surface area (Å²) in [5, 5.41) is 13.6. The molecule has 1 unspecified atom stereocenters. The number of anilines is 1. The topological polar surface area (TPSA) is 72.9 Å². The number of halogens is 2. The zero-order valence-corrected chi connectivity index (χ0v) is 20.9. The summed E-state index contributed by atoms with van der Waals surface area (Å²) < 4.78 is 0.900. The molecule has 4 atom stereocenters. The summed E-state index contributed by atoms with van der Waals surface area (Å²) in [6, 6.07) is 22.5. The number of carbonyl (C=O) groups is 2. The zero-order valence-electron chi connectivity index (χ0n) is 18.6. The van der Waals surface area contributed by atoms with E-state index in [0.717, 1.165) is 10.0 Å². The number of aliphatic hydroxyl groups is 1. The molecule has 0 saturated carbocycles. The van der Waals surface area contributed by atoms with Gasteiger partial charge in [-0.05, 0) is 47.5 Å². The van der Waals surface area contributed by atoms with Crippen molar-refractivity contribution in [2.45, 2.75) is 24.7 Å². The summed E-state index contributed by atoms with van der Waals surface area (Å²) in [7, 11) is 0. The Morgan fingerprint density at radius 1 is 0.914 bits per heavy atom. The van der Waals surface area contributed by atoms with Crippen molar-refractivity contribution < 1.29 is 14.7 Å². The molecule has 0 bridgehead atoms. The molecule has 35 heavy (non-hydrogen) atoms. The minimum absolute atomic E-state index is 0.202. The van der Waals surface area contributed by atoms with Crippen molar-refractivity contribution in [1.29, 1.82) is 0 Å². The number of rotatable bonds is 6. The molecule has 0 aliphatic carbocycles. The molecule has 0 aromatic heterocycles. The highest BCUT2D eigenvalue weighted by molar-refractivity contribution is 9.10. The number of imide groups is 1. The number of fused-ring (bicyclic) bond motifs is 1. The van der Waals surface area contributed by atoms with E-state index < -0.39 is 24.1 Å². The minimum Gasteiger partial charge on any atom is -0.386 e. The van der Waals surface area contributed by atoms with Gasteiger partial charge in [0.2, 0.25) is 11.8 Å². The van der Waals surface area contributed by atoms with Gasteiger partial charge in [-0.25, -0.2) is 5.01 Å². The van der Waals surface area contributed by atoms with Crippen LogP contribution in [0.1, 0.15) is 17.2 Å². The lowest BCUT2D eigenvalue weighted by Gasteiger charge is -2.40. The van der Waals surface area contributed by atoms with Crippen LogP contribution in [-0.4, -0.2) is 38.9 Å². The Morgan fingerprint density at radius 3 is 2.29 bits per heavy atom. The Balaban J connectivity index is 1.49. The normalized spacial score (nSPS) is 22.8. The highest BCUT2D eigenvalue weighted by Gasteiger charge is 2.53. The predicted molar refractivity (Wildman–Crippen MR) is 138 cm³/mol. The Labute approximate surface area is 216 Å². The summed E-state index contributed by atoms with van der Waals surface area (Å²) >= 11 is 9.47. The summed E-state index contributed by atoms with van der Waals surface area (Å²) in [6.45, 7) is 0.202. The summed E-state index contributed by atoms with van der Waals surface area (Å²) in [6.07, 6.45) is 2.61. The number of carbonyl (C=O) groups excluding carboxylic acids is 2. The van der Waals surface area contributed by atoms with Gasteiger partial charge >= 0.3 is 0 Å². The third-order valence-electron chi connectivity index (χ3n) is 6.37. The Morgan fingerprint density at radius 2 is 1.60 bits per heavy atom. The molecular weight excluding hydrogens is 530 g/mol. The molecule has 2 aliphatic heterocycles. The second kappa shape index (κ2) is 9.95. The second-order valence-electron chi connectivity index (χ2n) is 8.62. The van der Waals surface area contributed by atoms with E-state index in [2.05, 4.69) is 21.4 Å². The molecular formula is C27H23BrClN3O3. The van der Waals surface area contributed by atoms with Gasteiger partial charge in [-0.1, -0.05) is 82.1 Å². The van der Waals surface area contributed by atoms with Crippen molar-refractivity contribution in [1.82, 2.24) is 9.91 Å². The first-order valence-electron chi connectivity index (χ1n) is 11.2. The van der Waals surface area contributed by atoms with Crippen LogP contribution in [0.2, 0.25) is 5.02 Å². The third kappa shape index (κ3) is 4.77. The molecule has 2 N–H and O–H groups in total. The molecule has 8 heteroatoms. The van der Waals surface area contributed by atoms with Crippen LogP contribution in [0, 0.1) is 5.92 Å². The van der Waals surface area contributed by atoms with Crippen molar-refractivity contribution >= 4 is 45.0 Å². The zero-order chi connectivity index (χ0) is 24.5. The number of nitrogens with zero attached hydrogens (tertiary/aromatic N) is 2. The maximum absolute atomic E-state index is 13.6. The number of benzene rings is 3. The molecule has 178 valence electrons. The van der Waals surface area contributed by atoms with Crippen molar-refractivity contribution in [3.05, 3.63) is 112 Å². The van der Waals surface area contributed by atoms with E-state index in [4.69, 9.17) is 11.6 Å². The number of amides is 2. The Hall–Kier alpha value is -2.97. The van der Waals surface area contributed by atoms with E-state index in [1.165, 1.54) is 4.90 Å². The first kappa shape index (κ1) is 23.8. The van der Waals surface area contributed by atoms with Crippen LogP contribution in [0.3, 0.4) is 0 Å². The lowest BCUT2D eigenvalue weighted by atomic mass is 9.90. The van der Waals surface area contributed by atoms with Crippen molar-refractivity contribution in [3.63, 3.8) is 0 Å². The molecule has 1 saturated heterocycles. The van der Waals surface area contributed by atoms with E-state index >= 15 is 0 Å². The lowest BCUT2D eigenvalue weighted by Crippen LogP contribution is -2.55. The van der Waals surface area contributed by atoms with Crippen LogP contribution in [-0.2, 0) is 16.1 Å². The molecule has 1 fully saturated rings. The first-order valence-corrected chi connectivity index (χ1v) is 12.4. The van der Waals surface area contributed by atoms with E-state index in [1.54, 1.807) is 41.4 Å². The van der Waals surface area contributed by atoms with Gasteiger partial charge in [0.1, 0.15) is 6.04 Å². The maximum Gasteiger partial charge on any atom is 0.249 e. The molecule has 3 aromatic rings. The SMILES string of the molecule is O=C1C2C=C[C@H]([C@H](O)c3ccc(Br)cc3)N(Nc3ccc(Cl)cc3)[C@@H]2C(=O)N1Cc1ccccc1. The number of hydrogen-bond acceptors (Lipinski definition) is 5. The standard InChI is InChI=1S/C27H23BrClN3O3/c28-19-8-6-18(7-9-19)25(33)23-15-14-22-24(32(23)30-21-12-10-20(29)11-13-21)27(35)31(26(22)34)16-17-4-2-1-3-5-17/h1-15,22-25,30,33H,16H2/t22?,23-,24+,25-/m1/s1. The van der Waals surface area contributed by atoms with Gasteiger partial charge in [-0.15, -0.1) is 0 Å². The number of likely N-dealkylation sites (tertiary alicyclic amines) is 1. The first-order chi connectivity index (χ1) is 16.9. The number of hydrazine groups is 1. The molecule has 6 nitrogen and oxygen atoms in total. The monoisotopic (exact) mass is 551 g/mol. The van der Waals surface area contributed by atoms with Gasteiger partial charge in [-0.2, -0.15) is 0 Å². The smallest absolute Gasteiger partial charge is 0.249 e. The quantitative estimate of drug-likeness (QED) is 0.334. The van der Waals surface area contributed by atoms with Crippen molar-refractivity contribution in [2.75, 3.05) is 5.43 Å². The maximum atomic E-state index is 13.6. The van der Waals surface area contributed by atoms with Gasteiger partial charge in [0, 0.05) is 15.2 Å². The van der Waals surface area contributed by atoms with Crippen LogP contribution in [0.15, 0.2) is 95.5 Å². The molecule has 2 amide bonds. The van der Waals surface area contributed by atoms with Crippen molar-refractivity contribution in [3.8, 4) is 0 Å². The summed E-state index contributed by atoms with van der Waals surface area (Å²) in [5.74, 6) is -1.21. The fraction of sp³-hybridized carbons (Fsp3) is 0.185. The van der Waals surface area contributed by atoms with E-state index in [0.29, 0.717) is 16.3 Å². The van der Waals surface area contributed by atoms with Crippen LogP contribution in [0.4, 0.5) is 5.69 Å². The van der Waals surface area contributed by atoms with Gasteiger partial charge in [0.15, 0.2) is 0 Å². The number of aliphatic hydroxyl groups excluding tert-OH is 1. The highest BCUT2D eigenvalue weighted by Crippen LogP contribution is 2.37. The lowest BCUT2D eigenvalue weighted by molar-refractivity contribution is -0.140. The van der Waals surface area contributed by atoms with E-state index in [-0.39, 0.29) is 18.4 Å². The molecule has 5 rings (SSSR count). The summed E-state index contributed by atoms with van der Waals surface area (Å²) in [5.41, 5.74) is 5.55. The average molecular weight is 553 g/mol. The van der Waals surface area contributed by atoms with E-state index in [1.807, 2.05) is 54.6 Å². The van der Waals surface area contributed by atoms with Crippen LogP contribution in [0.5, 0.6) is 0 Å². The highest BCUT2D eigenvalue weighted by atomic mass is 79.9. The molecule has 2 heterocycles. The minimum atomic E-state index is -0.939. The Kier molecular flexibility index (Phi) is 6.75. The van der Waals surface area contributed by atoms with Gasteiger partial charge in [0.05, 0.1) is 24.6 Å². The Bertz CT molecular complexity index is 1250. The van der Waals surface area contributed by atoms with Gasteiger partial charge in [-0.3, -0.25) is 14.5 Å². The predicted octanol–water partition coefficient (Wildman–Crippen LogP) is 4.96. The van der Waals surface area contributed by atoms with Crippen LogP contribution >= 0.6 is 27.5 Å². The number of hydrogen-bond donors (Lipinski definition) is 2. The second-order valence-corrected chi connectivity index (χ2v) is 9.97. The third-order valence-corrected chi connectivity index (χ3v) is 7.15. The van der Waals surface area contributed by atoms with Crippen LogP contribution in [0.25, 0.3) is 0 Å². The number of nitrogens with one attached hydrogen (secondary N) is 1. The fourth-order valence-corrected chi connectivity index (χ4v) is 4.97. The van der Waals surface area contributed by atoms with Crippen LogP contribution < -0.4 is 5.43 Å².